The summed E-state index contributed by atoms with van der Waals surface area (Å²) >= 11 is 5.96. The zero-order chi connectivity index (χ0) is 25.0. The summed E-state index contributed by atoms with van der Waals surface area (Å²) in [6.45, 7) is 0. The number of hydrogen-bond donors (Lipinski definition) is 2. The third-order valence-electron chi connectivity index (χ3n) is 4.56. The van der Waals surface area contributed by atoms with Crippen LogP contribution in [0.4, 0.5) is 11.5 Å². The molecule has 0 unspecified atom stereocenters. The van der Waals surface area contributed by atoms with Gasteiger partial charge in [-0.25, -0.2) is 13.4 Å². The number of aromatic nitrogens is 3. The highest BCUT2D eigenvalue weighted by Gasteiger charge is 2.17. The lowest BCUT2D eigenvalue weighted by atomic mass is 10.3. The Morgan fingerprint density at radius 1 is 1.09 bits per heavy atom. The fraction of sp³-hybridized carbons (Fsp3) is 0.0909. The van der Waals surface area contributed by atoms with Gasteiger partial charge in [0.05, 0.1) is 19.1 Å². The van der Waals surface area contributed by atoms with E-state index in [1.165, 1.54) is 50.8 Å². The average molecular weight is 513 g/mol. The Hall–Kier alpha value is -4.34. The molecule has 178 valence electrons. The lowest BCUT2D eigenvalue weighted by Crippen LogP contribution is -2.14. The predicted octanol–water partition coefficient (Wildman–Crippen LogP) is 4.07. The predicted molar refractivity (Wildman–Crippen MR) is 129 cm³/mol. The van der Waals surface area contributed by atoms with Gasteiger partial charge in [0.25, 0.3) is 10.0 Å². The highest BCUT2D eigenvalue weighted by molar-refractivity contribution is 7.92. The smallest absolute Gasteiger partial charge is 0.321 e. The molecular weight excluding hydrogens is 496 g/mol. The average Bonchev–Trinajstić information content (AvgIpc) is 3.27. The van der Waals surface area contributed by atoms with E-state index in [-0.39, 0.29) is 34.1 Å². The minimum absolute atomic E-state index is 0.0140. The summed E-state index contributed by atoms with van der Waals surface area (Å²) in [4.78, 5) is 12.1. The van der Waals surface area contributed by atoms with Crippen molar-refractivity contribution in [3.8, 4) is 18.0 Å². The molecule has 0 atom stereocenters. The van der Waals surface area contributed by atoms with Crippen LogP contribution in [-0.2, 0) is 10.0 Å². The number of benzene rings is 2. The van der Waals surface area contributed by atoms with Crippen LogP contribution >= 0.6 is 11.6 Å². The van der Waals surface area contributed by atoms with Crippen LogP contribution in [0.5, 0.6) is 11.9 Å². The van der Waals surface area contributed by atoms with Gasteiger partial charge in [0.1, 0.15) is 17.2 Å². The van der Waals surface area contributed by atoms with Gasteiger partial charge in [0, 0.05) is 23.0 Å². The van der Waals surface area contributed by atoms with Gasteiger partial charge in [-0.2, -0.15) is 15.2 Å². The van der Waals surface area contributed by atoms with E-state index in [0.717, 1.165) is 0 Å². The molecule has 0 aliphatic rings. The van der Waals surface area contributed by atoms with Crippen LogP contribution in [0.15, 0.2) is 64.0 Å². The molecule has 2 heterocycles. The second-order valence-electron chi connectivity index (χ2n) is 6.86. The topological polar surface area (TPSA) is 152 Å². The molecule has 11 nitrogen and oxygen atoms in total. The van der Waals surface area contributed by atoms with E-state index in [4.69, 9.17) is 25.5 Å². The number of nitrogens with zero attached hydrogens (tertiary/aromatic N) is 4. The standard InChI is InChI=1S/C22H17ClN6O5S/c1-32-20-10-19(27-22(28-20)33-2)29-35(30,31)16-6-4-15(5-7-16)25-12-13(11-24)21-26-17-9-14(23)3-8-18(17)34-21/h3-10,12,25H,1-2H3,(H,27,28,29)/b13-12-. The Bertz CT molecular complexity index is 1540. The van der Waals surface area contributed by atoms with Crippen molar-refractivity contribution in [3.63, 3.8) is 0 Å². The zero-order valence-corrected chi connectivity index (χ0v) is 19.9. The van der Waals surface area contributed by atoms with Gasteiger partial charge in [-0.15, -0.1) is 0 Å². The van der Waals surface area contributed by atoms with Crippen molar-refractivity contribution >= 4 is 49.8 Å². The van der Waals surface area contributed by atoms with Crippen LogP contribution in [0.3, 0.4) is 0 Å². The SMILES string of the molecule is COc1cc(NS(=O)(=O)c2ccc(N/C=C(/C#N)c3nc4cc(Cl)ccc4o3)cc2)nc(OC)n1. The second-order valence-corrected chi connectivity index (χ2v) is 8.98. The number of halogens is 1. The summed E-state index contributed by atoms with van der Waals surface area (Å²) in [6.07, 6.45) is 1.41. The summed E-state index contributed by atoms with van der Waals surface area (Å²) < 4.78 is 43.5. The maximum Gasteiger partial charge on any atom is 0.321 e. The Kier molecular flexibility index (Phi) is 6.72. The fourth-order valence-electron chi connectivity index (χ4n) is 2.89. The third-order valence-corrected chi connectivity index (χ3v) is 6.17. The number of ether oxygens (including phenoxy) is 2. The van der Waals surface area contributed by atoms with Crippen molar-refractivity contribution in [3.05, 3.63) is 65.6 Å². The highest BCUT2D eigenvalue weighted by atomic mass is 35.5. The van der Waals surface area contributed by atoms with Crippen LogP contribution in [0.25, 0.3) is 16.7 Å². The van der Waals surface area contributed by atoms with Crippen LogP contribution in [0.1, 0.15) is 5.89 Å². The molecule has 0 amide bonds. The zero-order valence-electron chi connectivity index (χ0n) is 18.3. The number of hydrogen-bond acceptors (Lipinski definition) is 10. The molecule has 2 N–H and O–H groups in total. The molecule has 4 rings (SSSR count). The van der Waals surface area contributed by atoms with Crippen LogP contribution in [0.2, 0.25) is 5.02 Å². The number of rotatable bonds is 8. The quantitative estimate of drug-likeness (QED) is 0.330. The van der Waals surface area contributed by atoms with Crippen LogP contribution < -0.4 is 19.5 Å². The van der Waals surface area contributed by atoms with Gasteiger partial charge in [0.2, 0.25) is 11.8 Å². The Morgan fingerprint density at radius 2 is 1.86 bits per heavy atom. The van der Waals surface area contributed by atoms with Gasteiger partial charge >= 0.3 is 6.01 Å². The van der Waals surface area contributed by atoms with Crippen molar-refractivity contribution in [2.24, 2.45) is 0 Å². The van der Waals surface area contributed by atoms with Crippen molar-refractivity contribution in [2.75, 3.05) is 24.3 Å². The van der Waals surface area contributed by atoms with Crippen molar-refractivity contribution in [2.45, 2.75) is 4.90 Å². The van der Waals surface area contributed by atoms with E-state index in [2.05, 4.69) is 25.0 Å². The molecule has 35 heavy (non-hydrogen) atoms. The number of allylic oxidation sites excluding steroid dienone is 1. The lowest BCUT2D eigenvalue weighted by Gasteiger charge is -2.10. The molecule has 13 heteroatoms. The Labute approximate surface area is 205 Å². The van der Waals surface area contributed by atoms with E-state index in [0.29, 0.717) is 21.8 Å². The van der Waals surface area contributed by atoms with Crippen LogP contribution in [-0.4, -0.2) is 37.6 Å². The van der Waals surface area contributed by atoms with Gasteiger partial charge in [-0.1, -0.05) is 11.6 Å². The van der Waals surface area contributed by atoms with E-state index in [9.17, 15) is 13.7 Å². The summed E-state index contributed by atoms with van der Waals surface area (Å²) in [6, 6.07) is 14.1. The summed E-state index contributed by atoms with van der Waals surface area (Å²) in [5, 5.41) is 12.9. The van der Waals surface area contributed by atoms with Gasteiger partial charge < -0.3 is 19.2 Å². The molecule has 0 aliphatic heterocycles. The molecule has 2 aromatic carbocycles. The van der Waals surface area contributed by atoms with Gasteiger partial charge in [0.15, 0.2) is 11.4 Å². The second kappa shape index (κ2) is 9.88. The first-order valence-electron chi connectivity index (χ1n) is 9.84. The maximum absolute atomic E-state index is 12.8. The molecule has 0 fully saturated rings. The van der Waals surface area contributed by atoms with Gasteiger partial charge in [-0.3, -0.25) is 4.72 Å². The molecule has 0 radical (unpaired) electrons. The molecule has 4 aromatic rings. The lowest BCUT2D eigenvalue weighted by molar-refractivity contribution is 0.353. The third kappa shape index (κ3) is 5.43. The van der Waals surface area contributed by atoms with Crippen molar-refractivity contribution in [1.29, 1.82) is 5.26 Å². The largest absolute Gasteiger partial charge is 0.481 e. The van der Waals surface area contributed by atoms with Crippen molar-refractivity contribution < 1.29 is 22.3 Å². The summed E-state index contributed by atoms with van der Waals surface area (Å²) in [7, 11) is -1.22. The first kappa shape index (κ1) is 23.8. The normalized spacial score (nSPS) is 11.7. The molecule has 0 bridgehead atoms. The molecule has 0 aliphatic carbocycles. The minimum atomic E-state index is -3.96. The first-order valence-corrected chi connectivity index (χ1v) is 11.7. The molecular formula is C22H17ClN6O5S. The number of fused-ring (bicyclic) bond motifs is 1. The fourth-order valence-corrected chi connectivity index (χ4v) is 4.05. The number of nitriles is 1. The summed E-state index contributed by atoms with van der Waals surface area (Å²) in [5.74, 6) is 0.240. The number of nitrogens with one attached hydrogen (secondary N) is 2. The Morgan fingerprint density at radius 3 is 2.54 bits per heavy atom. The molecule has 0 saturated carbocycles. The summed E-state index contributed by atoms with van der Waals surface area (Å²) in [5.41, 5.74) is 1.68. The number of methoxy groups -OCH3 is 2. The van der Waals surface area contributed by atoms with Gasteiger partial charge in [-0.05, 0) is 42.5 Å². The van der Waals surface area contributed by atoms with E-state index >= 15 is 0 Å². The molecule has 0 spiro atoms. The van der Waals surface area contributed by atoms with E-state index in [1.807, 2.05) is 6.07 Å². The Balaban J connectivity index is 1.51. The van der Waals surface area contributed by atoms with E-state index in [1.54, 1.807) is 18.2 Å². The maximum atomic E-state index is 12.8. The molecule has 0 saturated heterocycles. The monoisotopic (exact) mass is 512 g/mol. The number of oxazole rings is 1. The minimum Gasteiger partial charge on any atom is -0.481 e. The first-order chi connectivity index (χ1) is 16.8. The van der Waals surface area contributed by atoms with Crippen LogP contribution in [0, 0.1) is 11.3 Å². The van der Waals surface area contributed by atoms with Crippen molar-refractivity contribution in [1.82, 2.24) is 15.0 Å². The molecule has 2 aromatic heterocycles. The highest BCUT2D eigenvalue weighted by Crippen LogP contribution is 2.25. The number of anilines is 2. The number of sulfonamides is 1. The van der Waals surface area contributed by atoms with E-state index < -0.39 is 10.0 Å².